The second-order valence-corrected chi connectivity index (χ2v) is 12.0. The van der Waals surface area contributed by atoms with Gasteiger partial charge in [0.2, 0.25) is 0 Å². The van der Waals surface area contributed by atoms with Crippen LogP contribution in [0.1, 0.15) is 22.8 Å². The van der Waals surface area contributed by atoms with Gasteiger partial charge in [0.05, 0.1) is 22.8 Å². The van der Waals surface area contributed by atoms with Gasteiger partial charge in [0.25, 0.3) is 0 Å². The molecule has 0 saturated carbocycles. The quantitative estimate of drug-likeness (QED) is 0.106. The molecule has 0 spiro atoms. The standard InChI is InChI=1S/C44H30N4.HNO2.Rh/c1-5-13-29(14-6-1)41-33-21-23-35(45-33)42(30-15-7-2-8-16-30)37-25-27-39(47-37)44(32-19-11-4-12-20-32)40-28-26-38(48-40)43(31-17-9-3-10-18-31)36-24-22-34(41)46-36;2-1-3;/h1-28,45,48H;(H,2,3);/p-1. The van der Waals surface area contributed by atoms with Crippen LogP contribution in [0.2, 0.25) is 0 Å². The van der Waals surface area contributed by atoms with Crippen LogP contribution >= 0.6 is 0 Å². The molecule has 5 heterocycles. The number of H-pyrrole nitrogens is 2. The third-order valence-corrected chi connectivity index (χ3v) is 9.00. The summed E-state index contributed by atoms with van der Waals surface area (Å²) in [5.74, 6) is 0. The van der Waals surface area contributed by atoms with E-state index in [1.165, 1.54) is 0 Å². The Morgan fingerprint density at radius 3 is 0.808 bits per heavy atom. The van der Waals surface area contributed by atoms with Crippen LogP contribution in [0.4, 0.5) is 0 Å². The molecule has 0 atom stereocenters. The van der Waals surface area contributed by atoms with Crippen LogP contribution in [0.25, 0.3) is 90.9 Å². The smallest absolute Gasteiger partial charge is 0.0737 e. The second-order valence-electron chi connectivity index (χ2n) is 12.0. The van der Waals surface area contributed by atoms with Crippen molar-refractivity contribution >= 4 is 46.4 Å². The fourth-order valence-corrected chi connectivity index (χ4v) is 6.84. The summed E-state index contributed by atoms with van der Waals surface area (Å²) in [6.45, 7) is 0. The predicted molar refractivity (Wildman–Crippen MR) is 210 cm³/mol. The van der Waals surface area contributed by atoms with Crippen molar-refractivity contribution in [2.75, 3.05) is 0 Å². The zero-order valence-electron chi connectivity index (χ0n) is 27.7. The van der Waals surface area contributed by atoms with Crippen molar-refractivity contribution in [2.45, 2.75) is 0 Å². The molecule has 1 radical (unpaired) electrons. The molecule has 7 aromatic rings. The van der Waals surface area contributed by atoms with Crippen molar-refractivity contribution in [3.05, 3.63) is 178 Å². The molecule has 7 nitrogen and oxygen atoms in total. The van der Waals surface area contributed by atoms with Crippen molar-refractivity contribution in [1.82, 2.24) is 19.9 Å². The van der Waals surface area contributed by atoms with Crippen LogP contribution in [0.5, 0.6) is 0 Å². The third-order valence-electron chi connectivity index (χ3n) is 9.00. The van der Waals surface area contributed by atoms with Gasteiger partial charge in [-0.15, -0.1) is 5.34 Å². The van der Waals surface area contributed by atoms with E-state index < -0.39 is 0 Å². The van der Waals surface area contributed by atoms with E-state index in [9.17, 15) is 0 Å². The normalized spacial score (nSPS) is 11.3. The van der Waals surface area contributed by atoms with E-state index in [1.807, 2.05) is 24.3 Å². The Balaban J connectivity index is 0.00000102. The maximum absolute atomic E-state index is 8.00. The zero-order chi connectivity index (χ0) is 34.6. The molecule has 2 aliphatic heterocycles. The summed E-state index contributed by atoms with van der Waals surface area (Å²) < 4.78 is 0. The van der Waals surface area contributed by atoms with Gasteiger partial charge in [0.15, 0.2) is 0 Å². The summed E-state index contributed by atoms with van der Waals surface area (Å²) in [4.78, 5) is 26.3. The van der Waals surface area contributed by atoms with Crippen molar-refractivity contribution in [2.24, 2.45) is 5.34 Å². The number of nitrogens with one attached hydrogen (secondary N) is 2. The number of hydrogen-bond donors (Lipinski definition) is 2. The molecule has 9 rings (SSSR count). The van der Waals surface area contributed by atoms with Crippen molar-refractivity contribution in [3.63, 3.8) is 0 Å². The molecule has 0 saturated heterocycles. The van der Waals surface area contributed by atoms with Gasteiger partial charge in [0.1, 0.15) is 0 Å². The van der Waals surface area contributed by atoms with Gasteiger partial charge < -0.3 is 20.1 Å². The van der Waals surface area contributed by atoms with Crippen LogP contribution in [-0.2, 0) is 19.5 Å². The van der Waals surface area contributed by atoms with Crippen LogP contribution in [0.3, 0.4) is 0 Å². The molecule has 52 heavy (non-hydrogen) atoms. The molecule has 0 aliphatic carbocycles. The second kappa shape index (κ2) is 15.2. The summed E-state index contributed by atoms with van der Waals surface area (Å²) in [6.07, 6.45) is 8.54. The van der Waals surface area contributed by atoms with E-state index >= 15 is 0 Å². The van der Waals surface area contributed by atoms with E-state index in [0.717, 1.165) is 94.7 Å². The summed E-state index contributed by atoms with van der Waals surface area (Å²) >= 11 is 0. The first-order valence-electron chi connectivity index (χ1n) is 16.5. The molecular formula is C44H30N5O2Rh-. The first-order valence-corrected chi connectivity index (χ1v) is 16.5. The summed E-state index contributed by atoms with van der Waals surface area (Å²) in [5.41, 5.74) is 16.2. The molecule has 0 amide bonds. The average Bonchev–Trinajstić information content (AvgIpc) is 4.02. The Kier molecular flexibility index (Phi) is 9.91. The molecule has 0 fully saturated rings. The Morgan fingerprint density at radius 1 is 0.385 bits per heavy atom. The van der Waals surface area contributed by atoms with E-state index in [1.54, 1.807) is 0 Å². The Labute approximate surface area is 312 Å². The molecular weight excluding hydrogens is 733 g/mol. The predicted octanol–water partition coefficient (Wildman–Crippen LogP) is 11.6. The Bertz CT molecular complexity index is 2250. The van der Waals surface area contributed by atoms with Gasteiger partial charge in [0, 0.05) is 63.8 Å². The first kappa shape index (κ1) is 34.0. The molecule has 8 heteroatoms. The molecule has 3 aromatic heterocycles. The molecule has 253 valence electrons. The average molecular weight is 764 g/mol. The van der Waals surface area contributed by atoms with Crippen molar-refractivity contribution in [1.29, 1.82) is 0 Å². The van der Waals surface area contributed by atoms with Gasteiger partial charge in [-0.25, -0.2) is 9.97 Å². The van der Waals surface area contributed by atoms with E-state index in [-0.39, 0.29) is 19.5 Å². The van der Waals surface area contributed by atoms with E-state index in [4.69, 9.17) is 20.1 Å². The number of aromatic nitrogens is 4. The van der Waals surface area contributed by atoms with Crippen LogP contribution in [-0.4, -0.2) is 19.9 Å². The summed E-state index contributed by atoms with van der Waals surface area (Å²) in [7, 11) is 0. The summed E-state index contributed by atoms with van der Waals surface area (Å²) in [6, 6.07) is 50.7. The van der Waals surface area contributed by atoms with Crippen molar-refractivity contribution < 1.29 is 19.5 Å². The Morgan fingerprint density at radius 2 is 0.596 bits per heavy atom. The monoisotopic (exact) mass is 763 g/mol. The minimum Gasteiger partial charge on any atom is -0.444 e. The fraction of sp³-hybridized carbons (Fsp3) is 0. The third kappa shape index (κ3) is 6.55. The van der Waals surface area contributed by atoms with E-state index in [0.29, 0.717) is 0 Å². The molecule has 4 aromatic carbocycles. The molecule has 2 aliphatic rings. The van der Waals surface area contributed by atoms with Gasteiger partial charge in [-0.3, -0.25) is 0 Å². The SMILES string of the molecule is C1=Cc2nc1c(-c1ccccc1)c1ccc([nH]1)c(-c1ccccc1)c1nc(c(-c3ccccc3)c3ccc([nH]3)c2-c2ccccc2)C=C1.O=N[O-].[Rh]. The van der Waals surface area contributed by atoms with Crippen molar-refractivity contribution in [3.8, 4) is 44.5 Å². The maximum atomic E-state index is 8.00. The number of hydrogen-bond acceptors (Lipinski definition) is 5. The number of fused-ring (bicyclic) bond motifs is 8. The first-order chi connectivity index (χ1) is 25.2. The maximum Gasteiger partial charge on any atom is 0.0737 e. The fourth-order valence-electron chi connectivity index (χ4n) is 6.84. The van der Waals surface area contributed by atoms with Crippen LogP contribution < -0.4 is 0 Å². The van der Waals surface area contributed by atoms with Crippen LogP contribution in [0.15, 0.2) is 151 Å². The van der Waals surface area contributed by atoms with Gasteiger partial charge in [-0.2, -0.15) is 0 Å². The van der Waals surface area contributed by atoms with Gasteiger partial charge in [-0.1, -0.05) is 121 Å². The van der Waals surface area contributed by atoms with E-state index in [2.05, 4.69) is 156 Å². The minimum absolute atomic E-state index is 0. The van der Waals surface area contributed by atoms with Gasteiger partial charge >= 0.3 is 0 Å². The van der Waals surface area contributed by atoms with Gasteiger partial charge in [-0.05, 0) is 70.8 Å². The number of nitrogens with zero attached hydrogens (tertiary/aromatic N) is 3. The molecule has 2 N–H and O–H groups in total. The topological polar surface area (TPSA) is 110 Å². The minimum atomic E-state index is 0. The zero-order valence-corrected chi connectivity index (χ0v) is 29.3. The molecule has 0 unspecified atom stereocenters. The molecule has 8 bridgehead atoms. The summed E-state index contributed by atoms with van der Waals surface area (Å²) in [5, 5.41) is 9.00. The number of benzene rings is 4. The number of rotatable bonds is 4. The largest absolute Gasteiger partial charge is 0.444 e. The van der Waals surface area contributed by atoms with Crippen LogP contribution in [0, 0.1) is 10.1 Å². The Hall–Kier alpha value is -6.50. The number of aromatic amines is 2.